The Morgan fingerprint density at radius 1 is 1.06 bits per heavy atom. The second kappa shape index (κ2) is 11.9. The molecule has 0 saturated heterocycles. The van der Waals surface area contributed by atoms with E-state index in [1.165, 1.54) is 24.0 Å². The molecular formula is C26H34N2O2S. The highest BCUT2D eigenvalue weighted by Gasteiger charge is 2.30. The van der Waals surface area contributed by atoms with E-state index in [9.17, 15) is 9.59 Å². The monoisotopic (exact) mass is 438 g/mol. The molecule has 2 amide bonds. The summed E-state index contributed by atoms with van der Waals surface area (Å²) < 4.78 is 0. The predicted octanol–water partition coefficient (Wildman–Crippen LogP) is 5.09. The van der Waals surface area contributed by atoms with Crippen LogP contribution in [-0.4, -0.2) is 34.6 Å². The summed E-state index contributed by atoms with van der Waals surface area (Å²) >= 11 is 1.62. The molecule has 166 valence electrons. The highest BCUT2D eigenvalue weighted by Crippen LogP contribution is 2.21. The third kappa shape index (κ3) is 6.86. The number of rotatable bonds is 10. The normalized spacial score (nSPS) is 14.9. The molecule has 2 aromatic carbocycles. The van der Waals surface area contributed by atoms with Crippen LogP contribution in [0.4, 0.5) is 0 Å². The Balaban J connectivity index is 1.68. The standard InChI is InChI=1S/C26H34N2O2S/c1-3-24(26(30)27-23-15-9-10-16-23)28(17-21-12-5-4-6-13-21)25(29)19-31-18-22-14-8-7-11-20(22)2/h4-8,11-14,23-24H,3,9-10,15-19H2,1-2H3,(H,27,30)/t24-/m0/s1. The van der Waals surface area contributed by atoms with Gasteiger partial charge in [0.1, 0.15) is 6.04 Å². The first-order valence-electron chi connectivity index (χ1n) is 11.3. The summed E-state index contributed by atoms with van der Waals surface area (Å²) in [5, 5.41) is 3.20. The Morgan fingerprint density at radius 2 is 1.74 bits per heavy atom. The average molecular weight is 439 g/mol. The lowest BCUT2D eigenvalue weighted by Gasteiger charge is -2.31. The van der Waals surface area contributed by atoms with Crippen LogP contribution in [0.25, 0.3) is 0 Å². The van der Waals surface area contributed by atoms with Gasteiger partial charge in [0.2, 0.25) is 11.8 Å². The number of hydrogen-bond donors (Lipinski definition) is 1. The number of benzene rings is 2. The Hall–Kier alpha value is -2.27. The van der Waals surface area contributed by atoms with E-state index in [0.29, 0.717) is 18.7 Å². The molecule has 1 aliphatic carbocycles. The summed E-state index contributed by atoms with van der Waals surface area (Å²) in [5.74, 6) is 1.18. The van der Waals surface area contributed by atoms with E-state index in [1.54, 1.807) is 16.7 Å². The van der Waals surface area contributed by atoms with Crippen molar-refractivity contribution in [2.24, 2.45) is 0 Å². The number of aryl methyl sites for hydroxylation is 1. The van der Waals surface area contributed by atoms with E-state index in [4.69, 9.17) is 0 Å². The summed E-state index contributed by atoms with van der Waals surface area (Å²) in [5.41, 5.74) is 3.54. The predicted molar refractivity (Wildman–Crippen MR) is 129 cm³/mol. The molecule has 0 unspecified atom stereocenters. The van der Waals surface area contributed by atoms with E-state index < -0.39 is 6.04 Å². The maximum absolute atomic E-state index is 13.3. The van der Waals surface area contributed by atoms with Crippen LogP contribution in [0, 0.1) is 6.92 Å². The maximum atomic E-state index is 13.3. The van der Waals surface area contributed by atoms with Gasteiger partial charge in [0, 0.05) is 18.3 Å². The number of nitrogens with one attached hydrogen (secondary N) is 1. The maximum Gasteiger partial charge on any atom is 0.243 e. The molecule has 0 bridgehead atoms. The molecule has 1 aliphatic rings. The second-order valence-corrected chi connectivity index (χ2v) is 9.33. The fourth-order valence-corrected chi connectivity index (χ4v) is 5.16. The summed E-state index contributed by atoms with van der Waals surface area (Å²) in [6.07, 6.45) is 5.04. The zero-order valence-corrected chi connectivity index (χ0v) is 19.5. The van der Waals surface area contributed by atoms with Crippen molar-refractivity contribution in [2.75, 3.05) is 5.75 Å². The lowest BCUT2D eigenvalue weighted by atomic mass is 10.1. The first kappa shape index (κ1) is 23.4. The quantitative estimate of drug-likeness (QED) is 0.562. The summed E-state index contributed by atoms with van der Waals surface area (Å²) in [6, 6.07) is 18.0. The van der Waals surface area contributed by atoms with Gasteiger partial charge in [-0.05, 0) is 42.9 Å². The Morgan fingerprint density at radius 3 is 2.42 bits per heavy atom. The fraction of sp³-hybridized carbons (Fsp3) is 0.462. The van der Waals surface area contributed by atoms with E-state index in [1.807, 2.05) is 49.4 Å². The van der Waals surface area contributed by atoms with Crippen molar-refractivity contribution in [3.63, 3.8) is 0 Å². The molecule has 1 atom stereocenters. The van der Waals surface area contributed by atoms with Crippen molar-refractivity contribution in [3.8, 4) is 0 Å². The number of nitrogens with zero attached hydrogens (tertiary/aromatic N) is 1. The molecule has 31 heavy (non-hydrogen) atoms. The highest BCUT2D eigenvalue weighted by molar-refractivity contribution is 7.99. The SMILES string of the molecule is CC[C@@H](C(=O)NC1CCCC1)N(Cc1ccccc1)C(=O)CSCc1ccccc1C. The Kier molecular flexibility index (Phi) is 9.01. The largest absolute Gasteiger partial charge is 0.352 e. The van der Waals surface area contributed by atoms with Gasteiger partial charge in [-0.15, -0.1) is 11.8 Å². The van der Waals surface area contributed by atoms with Crippen molar-refractivity contribution in [3.05, 3.63) is 71.3 Å². The van der Waals surface area contributed by atoms with Crippen molar-refractivity contribution in [1.82, 2.24) is 10.2 Å². The molecule has 0 aliphatic heterocycles. The molecule has 4 nitrogen and oxygen atoms in total. The minimum Gasteiger partial charge on any atom is -0.352 e. The van der Waals surface area contributed by atoms with E-state index in [-0.39, 0.29) is 17.9 Å². The molecule has 1 saturated carbocycles. The molecule has 2 aromatic rings. The van der Waals surface area contributed by atoms with Gasteiger partial charge in [-0.2, -0.15) is 0 Å². The fourth-order valence-electron chi connectivity index (χ4n) is 4.17. The van der Waals surface area contributed by atoms with Gasteiger partial charge in [0.25, 0.3) is 0 Å². The van der Waals surface area contributed by atoms with Gasteiger partial charge < -0.3 is 10.2 Å². The van der Waals surface area contributed by atoms with Gasteiger partial charge >= 0.3 is 0 Å². The number of carbonyl (C=O) groups is 2. The molecule has 1 fully saturated rings. The number of hydrogen-bond acceptors (Lipinski definition) is 3. The van der Waals surface area contributed by atoms with Gasteiger partial charge in [0.15, 0.2) is 0 Å². The van der Waals surface area contributed by atoms with Crippen LogP contribution in [0.15, 0.2) is 54.6 Å². The van der Waals surface area contributed by atoms with Gasteiger partial charge in [-0.3, -0.25) is 9.59 Å². The van der Waals surface area contributed by atoms with Crippen molar-refractivity contribution in [1.29, 1.82) is 0 Å². The average Bonchev–Trinajstić information content (AvgIpc) is 3.28. The number of thioether (sulfide) groups is 1. The van der Waals surface area contributed by atoms with Crippen LogP contribution in [-0.2, 0) is 21.9 Å². The van der Waals surface area contributed by atoms with Gasteiger partial charge in [0.05, 0.1) is 5.75 Å². The Bertz CT molecular complexity index is 849. The molecule has 0 heterocycles. The molecule has 0 aromatic heterocycles. The van der Waals surface area contributed by atoms with Crippen molar-refractivity contribution < 1.29 is 9.59 Å². The first-order valence-corrected chi connectivity index (χ1v) is 12.5. The Labute approximate surface area is 190 Å². The van der Waals surface area contributed by atoms with Gasteiger partial charge in [-0.1, -0.05) is 74.4 Å². The third-order valence-corrected chi connectivity index (χ3v) is 6.99. The van der Waals surface area contributed by atoms with Crippen molar-refractivity contribution >= 4 is 23.6 Å². The minimum atomic E-state index is -0.438. The molecule has 3 rings (SSSR count). The van der Waals surface area contributed by atoms with Crippen LogP contribution in [0.2, 0.25) is 0 Å². The van der Waals surface area contributed by atoms with Crippen LogP contribution in [0.5, 0.6) is 0 Å². The molecule has 0 spiro atoms. The van der Waals surface area contributed by atoms with Crippen LogP contribution < -0.4 is 5.32 Å². The third-order valence-electron chi connectivity index (χ3n) is 6.03. The van der Waals surface area contributed by atoms with E-state index in [2.05, 4.69) is 24.4 Å². The zero-order chi connectivity index (χ0) is 22.1. The lowest BCUT2D eigenvalue weighted by molar-refractivity contribution is -0.139. The zero-order valence-electron chi connectivity index (χ0n) is 18.7. The number of carbonyl (C=O) groups excluding carboxylic acids is 2. The molecule has 5 heteroatoms. The minimum absolute atomic E-state index is 0.0115. The molecular weight excluding hydrogens is 404 g/mol. The van der Waals surface area contributed by atoms with E-state index in [0.717, 1.165) is 24.2 Å². The smallest absolute Gasteiger partial charge is 0.243 e. The van der Waals surface area contributed by atoms with Crippen LogP contribution in [0.1, 0.15) is 55.7 Å². The summed E-state index contributed by atoms with van der Waals surface area (Å²) in [4.78, 5) is 28.2. The highest BCUT2D eigenvalue weighted by atomic mass is 32.2. The van der Waals surface area contributed by atoms with Crippen LogP contribution in [0.3, 0.4) is 0 Å². The second-order valence-electron chi connectivity index (χ2n) is 8.34. The topological polar surface area (TPSA) is 49.4 Å². The molecule has 0 radical (unpaired) electrons. The molecule has 1 N–H and O–H groups in total. The van der Waals surface area contributed by atoms with Gasteiger partial charge in [-0.25, -0.2) is 0 Å². The first-order chi connectivity index (χ1) is 15.1. The summed E-state index contributed by atoms with van der Waals surface area (Å²) in [7, 11) is 0. The van der Waals surface area contributed by atoms with E-state index >= 15 is 0 Å². The van der Waals surface area contributed by atoms with Crippen molar-refractivity contribution in [2.45, 2.75) is 70.3 Å². The lowest BCUT2D eigenvalue weighted by Crippen LogP contribution is -2.51. The summed E-state index contributed by atoms with van der Waals surface area (Å²) in [6.45, 7) is 4.55. The van der Waals surface area contributed by atoms with Crippen LogP contribution >= 0.6 is 11.8 Å². The number of amides is 2.